The summed E-state index contributed by atoms with van der Waals surface area (Å²) in [6.07, 6.45) is 0.526. The molecular formula is C18H19FO2. The van der Waals surface area contributed by atoms with Crippen LogP contribution in [0.4, 0.5) is 4.39 Å². The minimum atomic E-state index is -0.836. The molecule has 0 bridgehead atoms. The number of halogens is 1. The van der Waals surface area contributed by atoms with Crippen molar-refractivity contribution in [2.24, 2.45) is 5.92 Å². The van der Waals surface area contributed by atoms with Gasteiger partial charge in [-0.15, -0.1) is 0 Å². The van der Waals surface area contributed by atoms with E-state index < -0.39 is 11.9 Å². The minimum absolute atomic E-state index is 0.216. The van der Waals surface area contributed by atoms with E-state index in [2.05, 4.69) is 0 Å². The lowest BCUT2D eigenvalue weighted by molar-refractivity contribution is -0.142. The molecule has 0 heterocycles. The van der Waals surface area contributed by atoms with Crippen LogP contribution in [0.2, 0.25) is 0 Å². The van der Waals surface area contributed by atoms with Gasteiger partial charge in [-0.2, -0.15) is 0 Å². The quantitative estimate of drug-likeness (QED) is 0.864. The molecule has 2 rings (SSSR count). The molecule has 1 N–H and O–H groups in total. The highest BCUT2D eigenvalue weighted by molar-refractivity contribution is 5.71. The molecule has 0 aliphatic rings. The third-order valence-corrected chi connectivity index (χ3v) is 3.96. The summed E-state index contributed by atoms with van der Waals surface area (Å²) in [6, 6.07) is 14.3. The van der Waals surface area contributed by atoms with E-state index in [-0.39, 0.29) is 11.7 Å². The van der Waals surface area contributed by atoms with Crippen LogP contribution in [0.3, 0.4) is 0 Å². The van der Waals surface area contributed by atoms with Crippen molar-refractivity contribution < 1.29 is 14.3 Å². The third-order valence-electron chi connectivity index (χ3n) is 3.96. The van der Waals surface area contributed by atoms with E-state index in [1.165, 1.54) is 6.07 Å². The van der Waals surface area contributed by atoms with Crippen LogP contribution in [0, 0.1) is 11.7 Å². The molecule has 0 saturated carbocycles. The highest BCUT2D eigenvalue weighted by Crippen LogP contribution is 2.31. The van der Waals surface area contributed by atoms with E-state index in [1.54, 1.807) is 6.07 Å². The first-order valence-corrected chi connectivity index (χ1v) is 7.12. The molecule has 2 unspecified atom stereocenters. The maximum atomic E-state index is 14.3. The molecule has 0 radical (unpaired) electrons. The van der Waals surface area contributed by atoms with Gasteiger partial charge in [0.1, 0.15) is 5.82 Å². The van der Waals surface area contributed by atoms with Crippen molar-refractivity contribution in [2.45, 2.75) is 26.2 Å². The fraction of sp³-hybridized carbons (Fsp3) is 0.278. The van der Waals surface area contributed by atoms with Gasteiger partial charge in [-0.1, -0.05) is 56.3 Å². The normalized spacial score (nSPS) is 13.7. The molecule has 0 aromatic heterocycles. The lowest BCUT2D eigenvalue weighted by atomic mass is 9.85. The lowest BCUT2D eigenvalue weighted by Gasteiger charge is -2.19. The average Bonchev–Trinajstić information content (AvgIpc) is 2.48. The highest BCUT2D eigenvalue weighted by atomic mass is 19.1. The molecule has 2 nitrogen and oxygen atoms in total. The van der Waals surface area contributed by atoms with Crippen LogP contribution in [0.25, 0.3) is 11.1 Å². The number of carbonyl (C=O) groups is 1. The Balaban J connectivity index is 2.33. The van der Waals surface area contributed by atoms with Crippen molar-refractivity contribution in [2.75, 3.05) is 0 Å². The van der Waals surface area contributed by atoms with Gasteiger partial charge in [-0.3, -0.25) is 4.79 Å². The van der Waals surface area contributed by atoms with Gasteiger partial charge in [-0.25, -0.2) is 4.39 Å². The largest absolute Gasteiger partial charge is 0.481 e. The molecule has 2 aromatic rings. The van der Waals surface area contributed by atoms with Gasteiger partial charge >= 0.3 is 5.97 Å². The molecule has 21 heavy (non-hydrogen) atoms. The van der Waals surface area contributed by atoms with Gasteiger partial charge in [0.2, 0.25) is 0 Å². The fourth-order valence-electron chi connectivity index (χ4n) is 2.64. The van der Waals surface area contributed by atoms with Crippen LogP contribution in [0.15, 0.2) is 48.5 Å². The van der Waals surface area contributed by atoms with Gasteiger partial charge in [0, 0.05) is 5.56 Å². The Kier molecular flexibility index (Phi) is 4.73. The predicted octanol–water partition coefficient (Wildman–Crippen LogP) is 4.71. The second kappa shape index (κ2) is 6.53. The Bertz CT molecular complexity index is 622. The third kappa shape index (κ3) is 3.30. The number of carboxylic acid groups (broad SMARTS) is 1. The SMILES string of the molecule is CCC(C(=O)O)C(C)c1ccc(-c2ccccc2)c(F)c1. The molecule has 0 spiro atoms. The molecule has 110 valence electrons. The molecular weight excluding hydrogens is 267 g/mol. The monoisotopic (exact) mass is 286 g/mol. The predicted molar refractivity (Wildman–Crippen MR) is 81.7 cm³/mol. The summed E-state index contributed by atoms with van der Waals surface area (Å²) in [6.45, 7) is 3.67. The Morgan fingerprint density at radius 1 is 1.19 bits per heavy atom. The van der Waals surface area contributed by atoms with E-state index in [0.717, 1.165) is 11.1 Å². The van der Waals surface area contributed by atoms with Gasteiger partial charge in [-0.05, 0) is 29.5 Å². The summed E-state index contributed by atoms with van der Waals surface area (Å²) in [5, 5.41) is 9.21. The van der Waals surface area contributed by atoms with Crippen LogP contribution in [-0.2, 0) is 4.79 Å². The number of carboxylic acids is 1. The highest BCUT2D eigenvalue weighted by Gasteiger charge is 2.24. The smallest absolute Gasteiger partial charge is 0.307 e. The Labute approximate surface area is 124 Å². The van der Waals surface area contributed by atoms with Crippen LogP contribution < -0.4 is 0 Å². The van der Waals surface area contributed by atoms with E-state index in [1.807, 2.05) is 50.2 Å². The summed E-state index contributed by atoms with van der Waals surface area (Å²) in [7, 11) is 0. The molecule has 0 amide bonds. The summed E-state index contributed by atoms with van der Waals surface area (Å²) < 4.78 is 14.3. The van der Waals surface area contributed by atoms with E-state index >= 15 is 0 Å². The Hall–Kier alpha value is -2.16. The minimum Gasteiger partial charge on any atom is -0.481 e. The Morgan fingerprint density at radius 3 is 2.38 bits per heavy atom. The van der Waals surface area contributed by atoms with Crippen molar-refractivity contribution >= 4 is 5.97 Å². The molecule has 2 aromatic carbocycles. The maximum Gasteiger partial charge on any atom is 0.307 e. The molecule has 0 aliphatic carbocycles. The molecule has 3 heteroatoms. The van der Waals surface area contributed by atoms with Crippen molar-refractivity contribution in [3.63, 3.8) is 0 Å². The molecule has 2 atom stereocenters. The molecule has 0 fully saturated rings. The van der Waals surface area contributed by atoms with Crippen molar-refractivity contribution in [1.29, 1.82) is 0 Å². The standard InChI is InChI=1S/C18H19FO2/c1-3-15(18(20)21)12(2)14-9-10-16(17(19)11-14)13-7-5-4-6-8-13/h4-12,15H,3H2,1-2H3,(H,20,21). The summed E-state index contributed by atoms with van der Waals surface area (Å²) >= 11 is 0. The molecule has 0 saturated heterocycles. The van der Waals surface area contributed by atoms with Crippen LogP contribution >= 0.6 is 0 Å². The van der Waals surface area contributed by atoms with Gasteiger partial charge in [0.25, 0.3) is 0 Å². The second-order valence-electron chi connectivity index (χ2n) is 5.25. The zero-order valence-electron chi connectivity index (χ0n) is 12.2. The Morgan fingerprint density at radius 2 is 1.86 bits per heavy atom. The fourth-order valence-corrected chi connectivity index (χ4v) is 2.64. The first-order chi connectivity index (χ1) is 10.0. The number of hydrogen-bond donors (Lipinski definition) is 1. The van der Waals surface area contributed by atoms with Gasteiger partial charge < -0.3 is 5.11 Å². The van der Waals surface area contributed by atoms with Crippen LogP contribution in [-0.4, -0.2) is 11.1 Å². The van der Waals surface area contributed by atoms with E-state index in [4.69, 9.17) is 0 Å². The number of hydrogen-bond acceptors (Lipinski definition) is 1. The number of benzene rings is 2. The van der Waals surface area contributed by atoms with Gasteiger partial charge in [0.15, 0.2) is 0 Å². The van der Waals surface area contributed by atoms with Gasteiger partial charge in [0.05, 0.1) is 5.92 Å². The number of aliphatic carboxylic acids is 1. The average molecular weight is 286 g/mol. The summed E-state index contributed by atoms with van der Waals surface area (Å²) in [5.74, 6) is -1.86. The van der Waals surface area contributed by atoms with Crippen LogP contribution in [0.5, 0.6) is 0 Å². The van der Waals surface area contributed by atoms with Crippen molar-refractivity contribution in [3.8, 4) is 11.1 Å². The molecule has 0 aliphatic heterocycles. The second-order valence-corrected chi connectivity index (χ2v) is 5.25. The summed E-state index contributed by atoms with van der Waals surface area (Å²) in [4.78, 5) is 11.2. The van der Waals surface area contributed by atoms with E-state index in [0.29, 0.717) is 12.0 Å². The number of rotatable bonds is 5. The zero-order chi connectivity index (χ0) is 15.4. The van der Waals surface area contributed by atoms with Crippen molar-refractivity contribution in [1.82, 2.24) is 0 Å². The summed E-state index contributed by atoms with van der Waals surface area (Å²) in [5.41, 5.74) is 2.08. The zero-order valence-corrected chi connectivity index (χ0v) is 12.2. The first kappa shape index (κ1) is 15.2. The van der Waals surface area contributed by atoms with E-state index in [9.17, 15) is 14.3 Å². The van der Waals surface area contributed by atoms with Crippen LogP contribution in [0.1, 0.15) is 31.7 Å². The maximum absolute atomic E-state index is 14.3. The van der Waals surface area contributed by atoms with Crippen molar-refractivity contribution in [3.05, 3.63) is 59.9 Å². The lowest BCUT2D eigenvalue weighted by Crippen LogP contribution is -2.19. The first-order valence-electron chi connectivity index (χ1n) is 7.12. The topological polar surface area (TPSA) is 37.3 Å².